The van der Waals surface area contributed by atoms with Crippen molar-refractivity contribution in [2.75, 3.05) is 29.0 Å². The van der Waals surface area contributed by atoms with E-state index in [9.17, 15) is 14.4 Å². The van der Waals surface area contributed by atoms with E-state index in [1.165, 1.54) is 9.47 Å². The van der Waals surface area contributed by atoms with Crippen molar-refractivity contribution < 1.29 is 4.79 Å². The molecule has 4 N–H and O–H groups in total. The number of nitrogens with two attached hydrogens (primary N) is 1. The zero-order chi connectivity index (χ0) is 24.0. The molecule has 0 saturated carbocycles. The third-order valence-electron chi connectivity index (χ3n) is 5.52. The van der Waals surface area contributed by atoms with Crippen LogP contribution in [0.4, 0.5) is 17.2 Å². The molecule has 8 heteroatoms. The van der Waals surface area contributed by atoms with Crippen molar-refractivity contribution in [2.24, 2.45) is 0 Å². The minimum atomic E-state index is -0.669. The Kier molecular flexibility index (Phi) is 7.71. The van der Waals surface area contributed by atoms with Crippen LogP contribution < -0.4 is 27.2 Å². The topological polar surface area (TPSA) is 113 Å². The Morgan fingerprint density at radius 2 is 1.85 bits per heavy atom. The maximum atomic E-state index is 13.2. The Bertz CT molecular complexity index is 1230. The molecule has 0 bridgehead atoms. The van der Waals surface area contributed by atoms with Crippen molar-refractivity contribution in [2.45, 2.75) is 40.2 Å². The van der Waals surface area contributed by atoms with Crippen LogP contribution in [0.2, 0.25) is 0 Å². The number of hydrogen-bond donors (Lipinski definition) is 3. The molecule has 0 aliphatic carbocycles. The summed E-state index contributed by atoms with van der Waals surface area (Å²) in [6, 6.07) is 15.3. The van der Waals surface area contributed by atoms with Gasteiger partial charge in [0.15, 0.2) is 5.69 Å². The maximum Gasteiger partial charge on any atom is 0.330 e. The Labute approximate surface area is 193 Å². The Morgan fingerprint density at radius 1 is 1.12 bits per heavy atom. The molecular weight excluding hydrogens is 418 g/mol. The van der Waals surface area contributed by atoms with Crippen molar-refractivity contribution >= 4 is 23.1 Å². The summed E-state index contributed by atoms with van der Waals surface area (Å²) in [6.45, 7) is 6.47. The van der Waals surface area contributed by atoms with E-state index in [1.54, 1.807) is 0 Å². The van der Waals surface area contributed by atoms with Gasteiger partial charge in [-0.15, -0.1) is 0 Å². The van der Waals surface area contributed by atoms with Crippen LogP contribution >= 0.6 is 0 Å². The summed E-state index contributed by atoms with van der Waals surface area (Å²) in [4.78, 5) is 42.2. The zero-order valence-electron chi connectivity index (χ0n) is 19.4. The lowest BCUT2D eigenvalue weighted by Crippen LogP contribution is -2.43. The number of hydrogen-bond acceptors (Lipinski definition) is 5. The molecule has 0 atom stereocenters. The van der Waals surface area contributed by atoms with Crippen molar-refractivity contribution in [3.8, 4) is 0 Å². The van der Waals surface area contributed by atoms with Crippen molar-refractivity contribution in [3.63, 3.8) is 0 Å². The molecule has 1 amide bonds. The maximum absolute atomic E-state index is 13.2. The van der Waals surface area contributed by atoms with E-state index in [0.29, 0.717) is 13.0 Å². The van der Waals surface area contributed by atoms with Gasteiger partial charge in [0.1, 0.15) is 5.82 Å². The Balaban J connectivity index is 1.93. The number of amides is 1. The number of H-pyrrole nitrogens is 1. The molecule has 0 radical (unpaired) electrons. The molecule has 0 saturated heterocycles. The van der Waals surface area contributed by atoms with E-state index in [1.807, 2.05) is 69.3 Å². The highest BCUT2D eigenvalue weighted by Gasteiger charge is 2.24. The molecule has 174 valence electrons. The number of nitrogens with one attached hydrogen (secondary N) is 2. The number of anilines is 3. The predicted octanol–water partition coefficient (Wildman–Crippen LogP) is 3.03. The van der Waals surface area contributed by atoms with Crippen LogP contribution in [0.1, 0.15) is 36.5 Å². The van der Waals surface area contributed by atoms with Crippen molar-refractivity contribution in [3.05, 3.63) is 86.1 Å². The van der Waals surface area contributed by atoms with Gasteiger partial charge in [-0.2, -0.15) is 0 Å². The second-order valence-corrected chi connectivity index (χ2v) is 8.14. The molecule has 1 heterocycles. The Hall–Kier alpha value is -3.81. The minimum absolute atomic E-state index is 0.00593. The van der Waals surface area contributed by atoms with Gasteiger partial charge in [0, 0.05) is 12.2 Å². The molecule has 33 heavy (non-hydrogen) atoms. The summed E-state index contributed by atoms with van der Waals surface area (Å²) < 4.78 is 1.29. The molecule has 3 aromatic rings. The van der Waals surface area contributed by atoms with E-state index >= 15 is 0 Å². The first-order valence-corrected chi connectivity index (χ1v) is 11.1. The lowest BCUT2D eigenvalue weighted by molar-refractivity contribution is -0.117. The van der Waals surface area contributed by atoms with E-state index in [2.05, 4.69) is 10.3 Å². The molecule has 0 spiro atoms. The smallest absolute Gasteiger partial charge is 0.330 e. The van der Waals surface area contributed by atoms with Gasteiger partial charge < -0.3 is 16.0 Å². The van der Waals surface area contributed by atoms with Crippen molar-refractivity contribution in [1.82, 2.24) is 9.55 Å². The van der Waals surface area contributed by atoms with Gasteiger partial charge in [-0.1, -0.05) is 61.4 Å². The second-order valence-electron chi connectivity index (χ2n) is 8.14. The first kappa shape index (κ1) is 23.8. The highest BCUT2D eigenvalue weighted by Crippen LogP contribution is 2.20. The standard InChI is InChI=1S/C25H31N5O3/c1-4-5-13-29(21(31)15-27-20-12-11-17(2)14-18(20)3)22-23(26)30(25(33)28-24(22)32)16-19-9-7-6-8-10-19/h6-12,14,27H,4-5,13,15-16,26H2,1-3H3,(H,28,32,33). The van der Waals surface area contributed by atoms with Gasteiger partial charge in [0.2, 0.25) is 5.91 Å². The van der Waals surface area contributed by atoms with Crippen LogP contribution in [-0.2, 0) is 11.3 Å². The van der Waals surface area contributed by atoms with Gasteiger partial charge in [0.05, 0.1) is 13.1 Å². The third-order valence-corrected chi connectivity index (χ3v) is 5.52. The van der Waals surface area contributed by atoms with Gasteiger partial charge >= 0.3 is 5.69 Å². The first-order valence-electron chi connectivity index (χ1n) is 11.1. The van der Waals surface area contributed by atoms with E-state index in [-0.39, 0.29) is 30.5 Å². The van der Waals surface area contributed by atoms with Crippen molar-refractivity contribution in [1.29, 1.82) is 0 Å². The van der Waals surface area contributed by atoms with Gasteiger partial charge in [0.25, 0.3) is 5.56 Å². The number of aromatic nitrogens is 2. The quantitative estimate of drug-likeness (QED) is 0.465. The second kappa shape index (κ2) is 10.7. The van der Waals surface area contributed by atoms with E-state index in [0.717, 1.165) is 28.8 Å². The van der Waals surface area contributed by atoms with Crippen LogP contribution in [-0.4, -0.2) is 28.5 Å². The van der Waals surface area contributed by atoms with Crippen LogP contribution in [0.5, 0.6) is 0 Å². The number of carbonyl (C=O) groups excluding carboxylic acids is 1. The van der Waals surface area contributed by atoms with Gasteiger partial charge in [-0.3, -0.25) is 19.1 Å². The molecule has 0 unspecified atom stereocenters. The summed E-state index contributed by atoms with van der Waals surface area (Å²) >= 11 is 0. The molecule has 3 rings (SSSR count). The van der Waals surface area contributed by atoms with E-state index < -0.39 is 11.2 Å². The number of nitrogen functional groups attached to an aromatic ring is 1. The predicted molar refractivity (Wildman–Crippen MR) is 133 cm³/mol. The van der Waals surface area contributed by atoms with Crippen LogP contribution in [0.3, 0.4) is 0 Å². The fourth-order valence-electron chi connectivity index (χ4n) is 3.72. The molecule has 0 aliphatic rings. The fourth-order valence-corrected chi connectivity index (χ4v) is 3.72. The summed E-state index contributed by atoms with van der Waals surface area (Å²) in [6.07, 6.45) is 1.52. The highest BCUT2D eigenvalue weighted by molar-refractivity contribution is 5.98. The molecule has 0 aliphatic heterocycles. The summed E-state index contributed by atoms with van der Waals surface area (Å²) in [5.41, 5.74) is 8.91. The van der Waals surface area contributed by atoms with E-state index in [4.69, 9.17) is 5.73 Å². The summed E-state index contributed by atoms with van der Waals surface area (Å²) in [7, 11) is 0. The summed E-state index contributed by atoms with van der Waals surface area (Å²) in [5.74, 6) is -0.325. The number of nitrogens with zero attached hydrogens (tertiary/aromatic N) is 2. The molecule has 0 fully saturated rings. The Morgan fingerprint density at radius 3 is 2.52 bits per heavy atom. The monoisotopic (exact) mass is 449 g/mol. The average molecular weight is 450 g/mol. The van der Waals surface area contributed by atoms with Crippen LogP contribution in [0.25, 0.3) is 0 Å². The lowest BCUT2D eigenvalue weighted by Gasteiger charge is -2.25. The number of unbranched alkanes of at least 4 members (excludes halogenated alkanes) is 1. The lowest BCUT2D eigenvalue weighted by atomic mass is 10.1. The highest BCUT2D eigenvalue weighted by atomic mass is 16.2. The van der Waals surface area contributed by atoms with Crippen LogP contribution in [0.15, 0.2) is 58.1 Å². The fraction of sp³-hybridized carbons (Fsp3) is 0.320. The normalized spacial score (nSPS) is 10.8. The number of aryl methyl sites for hydroxylation is 2. The number of rotatable bonds is 9. The number of aromatic amines is 1. The molecule has 2 aromatic carbocycles. The molecule has 8 nitrogen and oxygen atoms in total. The summed E-state index contributed by atoms with van der Waals surface area (Å²) in [5, 5.41) is 3.16. The molecule has 1 aromatic heterocycles. The number of carbonyl (C=O) groups is 1. The van der Waals surface area contributed by atoms with Gasteiger partial charge in [-0.05, 0) is 37.5 Å². The first-order chi connectivity index (χ1) is 15.8. The van der Waals surface area contributed by atoms with Gasteiger partial charge in [-0.25, -0.2) is 4.79 Å². The number of benzene rings is 2. The SMILES string of the molecule is CCCCN(C(=O)CNc1ccc(C)cc1C)c1c(N)n(Cc2ccccc2)c(=O)[nH]c1=O. The van der Waals surface area contributed by atoms with Crippen LogP contribution in [0, 0.1) is 13.8 Å². The molecular formula is C25H31N5O3. The third kappa shape index (κ3) is 5.71. The minimum Gasteiger partial charge on any atom is -0.383 e. The average Bonchev–Trinajstić information content (AvgIpc) is 2.78. The largest absolute Gasteiger partial charge is 0.383 e. The zero-order valence-corrected chi connectivity index (χ0v) is 19.4.